The highest BCUT2D eigenvalue weighted by atomic mass is 32.1. The summed E-state index contributed by atoms with van der Waals surface area (Å²) in [5, 5.41) is 5.65. The molecule has 2 rings (SSSR count). The van der Waals surface area contributed by atoms with Crippen LogP contribution in [0.4, 0.5) is 4.79 Å². The van der Waals surface area contributed by atoms with Crippen LogP contribution < -0.4 is 10.6 Å². The van der Waals surface area contributed by atoms with E-state index in [0.717, 1.165) is 16.5 Å². The number of rotatable bonds is 5. The number of urea groups is 1. The maximum absolute atomic E-state index is 11.9. The summed E-state index contributed by atoms with van der Waals surface area (Å²) in [7, 11) is 0. The number of hydrogen-bond donors (Lipinski definition) is 2. The molecule has 0 saturated carbocycles. The predicted octanol–water partition coefficient (Wildman–Crippen LogP) is 2.68. The molecule has 1 aromatic heterocycles. The molecule has 7 heteroatoms. The number of carbonyl (C=O) groups excluding carboxylic acids is 3. The Morgan fingerprint density at radius 3 is 2.70 bits per heavy atom. The standard InChI is InChI=1S/C16H18N2O4S/c1-3-10(2)17-16(21)18-14(19)9-22-15(20)13-8-11-6-4-5-7-12(11)23-13/h4-8,10H,3,9H2,1-2H3,(H2,17,18,19,21)/t10-/m0/s1. The van der Waals surface area contributed by atoms with E-state index in [1.165, 1.54) is 11.3 Å². The van der Waals surface area contributed by atoms with Gasteiger partial charge < -0.3 is 10.1 Å². The van der Waals surface area contributed by atoms with E-state index in [4.69, 9.17) is 4.74 Å². The normalized spacial score (nSPS) is 11.7. The van der Waals surface area contributed by atoms with Crippen molar-refractivity contribution >= 4 is 39.3 Å². The average Bonchev–Trinajstić information content (AvgIpc) is 2.96. The topological polar surface area (TPSA) is 84.5 Å². The molecule has 1 aromatic carbocycles. The lowest BCUT2D eigenvalue weighted by atomic mass is 10.2. The third-order valence-electron chi connectivity index (χ3n) is 3.20. The van der Waals surface area contributed by atoms with Crippen molar-refractivity contribution in [1.29, 1.82) is 0 Å². The van der Waals surface area contributed by atoms with Crippen molar-refractivity contribution in [3.63, 3.8) is 0 Å². The molecule has 0 aliphatic rings. The molecule has 2 N–H and O–H groups in total. The van der Waals surface area contributed by atoms with Crippen molar-refractivity contribution < 1.29 is 19.1 Å². The number of nitrogens with one attached hydrogen (secondary N) is 2. The van der Waals surface area contributed by atoms with Crippen molar-refractivity contribution in [2.45, 2.75) is 26.3 Å². The zero-order valence-electron chi connectivity index (χ0n) is 12.9. The molecule has 0 aliphatic heterocycles. The van der Waals surface area contributed by atoms with Crippen LogP contribution in [0.1, 0.15) is 29.9 Å². The summed E-state index contributed by atoms with van der Waals surface area (Å²) < 4.78 is 5.90. The summed E-state index contributed by atoms with van der Waals surface area (Å²) in [6.45, 7) is 3.24. The number of amides is 3. The Hall–Kier alpha value is -2.41. The molecule has 1 atom stereocenters. The van der Waals surface area contributed by atoms with Crippen LogP contribution in [-0.4, -0.2) is 30.6 Å². The van der Waals surface area contributed by atoms with Gasteiger partial charge >= 0.3 is 12.0 Å². The fourth-order valence-corrected chi connectivity index (χ4v) is 2.77. The lowest BCUT2D eigenvalue weighted by Crippen LogP contribution is -2.44. The van der Waals surface area contributed by atoms with Gasteiger partial charge in [0.25, 0.3) is 5.91 Å². The van der Waals surface area contributed by atoms with Crippen LogP contribution in [0, 0.1) is 0 Å². The molecular formula is C16H18N2O4S. The second kappa shape index (κ2) is 7.73. The van der Waals surface area contributed by atoms with Crippen molar-refractivity contribution in [2.24, 2.45) is 0 Å². The molecule has 0 bridgehead atoms. The Morgan fingerprint density at radius 2 is 2.00 bits per heavy atom. The number of esters is 1. The van der Waals surface area contributed by atoms with E-state index in [2.05, 4.69) is 10.6 Å². The van der Waals surface area contributed by atoms with Gasteiger partial charge in [0.05, 0.1) is 0 Å². The maximum Gasteiger partial charge on any atom is 0.348 e. The SMILES string of the molecule is CC[C@H](C)NC(=O)NC(=O)COC(=O)c1cc2ccccc2s1. The van der Waals surface area contributed by atoms with Gasteiger partial charge in [-0.1, -0.05) is 25.1 Å². The van der Waals surface area contributed by atoms with Crippen LogP contribution in [0.3, 0.4) is 0 Å². The third kappa shape index (κ3) is 4.79. The quantitative estimate of drug-likeness (QED) is 0.823. The fraction of sp³-hybridized carbons (Fsp3) is 0.312. The van der Waals surface area contributed by atoms with Gasteiger partial charge in [0.15, 0.2) is 6.61 Å². The first-order valence-electron chi connectivity index (χ1n) is 7.25. The number of fused-ring (bicyclic) bond motifs is 1. The fourth-order valence-electron chi connectivity index (χ4n) is 1.81. The first-order valence-corrected chi connectivity index (χ1v) is 8.07. The number of carbonyl (C=O) groups is 3. The summed E-state index contributed by atoms with van der Waals surface area (Å²) >= 11 is 1.30. The van der Waals surface area contributed by atoms with Crippen LogP contribution in [0.5, 0.6) is 0 Å². The van der Waals surface area contributed by atoms with Crippen LogP contribution in [0.2, 0.25) is 0 Å². The second-order valence-corrected chi connectivity index (χ2v) is 6.14. The van der Waals surface area contributed by atoms with Crippen LogP contribution in [-0.2, 0) is 9.53 Å². The zero-order valence-corrected chi connectivity index (χ0v) is 13.7. The molecular weight excluding hydrogens is 316 g/mol. The summed E-state index contributed by atoms with van der Waals surface area (Å²) in [6.07, 6.45) is 0.753. The highest BCUT2D eigenvalue weighted by Crippen LogP contribution is 2.25. The number of thiophene rings is 1. The van der Waals surface area contributed by atoms with E-state index in [1.807, 2.05) is 38.1 Å². The van der Waals surface area contributed by atoms with E-state index >= 15 is 0 Å². The average molecular weight is 334 g/mol. The Bertz CT molecular complexity index is 693. The minimum Gasteiger partial charge on any atom is -0.451 e. The highest BCUT2D eigenvalue weighted by Gasteiger charge is 2.15. The lowest BCUT2D eigenvalue weighted by molar-refractivity contribution is -0.123. The molecule has 6 nitrogen and oxygen atoms in total. The molecule has 0 aliphatic carbocycles. The third-order valence-corrected chi connectivity index (χ3v) is 4.30. The molecule has 0 unspecified atom stereocenters. The molecule has 0 radical (unpaired) electrons. The van der Waals surface area contributed by atoms with Gasteiger partial charge in [0.2, 0.25) is 0 Å². The first kappa shape index (κ1) is 17.0. The number of benzene rings is 1. The summed E-state index contributed by atoms with van der Waals surface area (Å²) in [4.78, 5) is 35.4. The highest BCUT2D eigenvalue weighted by molar-refractivity contribution is 7.20. The second-order valence-electron chi connectivity index (χ2n) is 5.06. The summed E-state index contributed by atoms with van der Waals surface area (Å²) in [6, 6.07) is 8.66. The van der Waals surface area contributed by atoms with Gasteiger partial charge in [-0.3, -0.25) is 10.1 Å². The number of hydrogen-bond acceptors (Lipinski definition) is 5. The number of ether oxygens (including phenoxy) is 1. The Kier molecular flexibility index (Phi) is 5.70. The minimum atomic E-state index is -0.666. The van der Waals surface area contributed by atoms with Crippen molar-refractivity contribution in [3.8, 4) is 0 Å². The van der Waals surface area contributed by atoms with Gasteiger partial charge in [-0.05, 0) is 30.9 Å². The van der Waals surface area contributed by atoms with E-state index in [0.29, 0.717) is 4.88 Å². The monoisotopic (exact) mass is 334 g/mol. The Labute approximate surface area is 137 Å². The van der Waals surface area contributed by atoms with Crippen molar-refractivity contribution in [3.05, 3.63) is 35.2 Å². The van der Waals surface area contributed by atoms with E-state index in [9.17, 15) is 14.4 Å². The Balaban J connectivity index is 1.84. The molecule has 0 saturated heterocycles. The Morgan fingerprint density at radius 1 is 1.26 bits per heavy atom. The van der Waals surface area contributed by atoms with Crippen LogP contribution in [0.15, 0.2) is 30.3 Å². The van der Waals surface area contributed by atoms with Crippen LogP contribution in [0.25, 0.3) is 10.1 Å². The molecule has 122 valence electrons. The maximum atomic E-state index is 11.9. The zero-order chi connectivity index (χ0) is 16.8. The van der Waals surface area contributed by atoms with Crippen molar-refractivity contribution in [2.75, 3.05) is 6.61 Å². The van der Waals surface area contributed by atoms with E-state index in [1.54, 1.807) is 6.07 Å². The van der Waals surface area contributed by atoms with Crippen molar-refractivity contribution in [1.82, 2.24) is 10.6 Å². The van der Waals surface area contributed by atoms with E-state index < -0.39 is 24.5 Å². The molecule has 0 spiro atoms. The lowest BCUT2D eigenvalue weighted by Gasteiger charge is -2.11. The molecule has 2 aromatic rings. The van der Waals surface area contributed by atoms with Gasteiger partial charge in [-0.2, -0.15) is 0 Å². The molecule has 23 heavy (non-hydrogen) atoms. The van der Waals surface area contributed by atoms with E-state index in [-0.39, 0.29) is 6.04 Å². The minimum absolute atomic E-state index is 0.0381. The first-order chi connectivity index (χ1) is 11.0. The van der Waals surface area contributed by atoms with Gasteiger partial charge in [0, 0.05) is 10.7 Å². The molecule has 0 fully saturated rings. The van der Waals surface area contributed by atoms with Gasteiger partial charge in [-0.15, -0.1) is 11.3 Å². The van der Waals surface area contributed by atoms with Gasteiger partial charge in [-0.25, -0.2) is 9.59 Å². The predicted molar refractivity (Wildman–Crippen MR) is 88.5 cm³/mol. The molecule has 3 amide bonds. The number of imide groups is 1. The molecule has 1 heterocycles. The smallest absolute Gasteiger partial charge is 0.348 e. The summed E-state index contributed by atoms with van der Waals surface area (Å²) in [5.74, 6) is -1.25. The van der Waals surface area contributed by atoms with Crippen LogP contribution >= 0.6 is 11.3 Å². The summed E-state index contributed by atoms with van der Waals surface area (Å²) in [5.41, 5.74) is 0. The van der Waals surface area contributed by atoms with Gasteiger partial charge in [0.1, 0.15) is 4.88 Å². The largest absolute Gasteiger partial charge is 0.451 e.